The summed E-state index contributed by atoms with van der Waals surface area (Å²) in [7, 11) is 0. The molecule has 6 heteroatoms. The van der Waals surface area contributed by atoms with Gasteiger partial charge in [0.1, 0.15) is 5.54 Å². The van der Waals surface area contributed by atoms with Crippen molar-refractivity contribution in [2.75, 3.05) is 0 Å². The van der Waals surface area contributed by atoms with Crippen LogP contribution in [0.4, 0.5) is 0 Å². The molecule has 0 saturated heterocycles. The number of carbonyl (C=O) groups is 1. The number of halogens is 1. The van der Waals surface area contributed by atoms with E-state index in [0.29, 0.717) is 12.8 Å². The Morgan fingerprint density at radius 3 is 2.47 bits per heavy atom. The first-order valence-electron chi connectivity index (χ1n) is 6.38. The van der Waals surface area contributed by atoms with Crippen LogP contribution in [0.15, 0.2) is 12.1 Å². The van der Waals surface area contributed by atoms with E-state index in [9.17, 15) is 10.1 Å². The van der Waals surface area contributed by atoms with Gasteiger partial charge >= 0.3 is 0 Å². The van der Waals surface area contributed by atoms with Gasteiger partial charge in [0.05, 0.1) is 6.07 Å². The van der Waals surface area contributed by atoms with Crippen LogP contribution >= 0.6 is 11.6 Å². The lowest BCUT2D eigenvalue weighted by Crippen LogP contribution is -2.47. The van der Waals surface area contributed by atoms with Gasteiger partial charge in [0.2, 0.25) is 0 Å². The highest BCUT2D eigenvalue weighted by molar-refractivity contribution is 6.29. The molecule has 1 N–H and O–H groups in total. The standard InChI is InChI=1S/C13H15ClN4O/c14-11-6-5-10(17-18-11)12(19)16-13(9-15)7-3-1-2-4-8-13/h5-6H,1-4,7-8H2,(H,16,19). The van der Waals surface area contributed by atoms with Crippen LogP contribution in [0.1, 0.15) is 49.0 Å². The number of hydrogen-bond acceptors (Lipinski definition) is 4. The number of hydrogen-bond donors (Lipinski definition) is 1. The molecule has 1 saturated carbocycles. The Labute approximate surface area is 117 Å². The first-order chi connectivity index (χ1) is 9.15. The molecule has 0 atom stereocenters. The third-order valence-electron chi connectivity index (χ3n) is 3.39. The topological polar surface area (TPSA) is 78.7 Å². The maximum absolute atomic E-state index is 12.1. The van der Waals surface area contributed by atoms with Crippen LogP contribution in [0.3, 0.4) is 0 Å². The minimum Gasteiger partial charge on any atom is -0.332 e. The highest BCUT2D eigenvalue weighted by Crippen LogP contribution is 2.26. The fourth-order valence-corrected chi connectivity index (χ4v) is 2.42. The van der Waals surface area contributed by atoms with Gasteiger partial charge in [-0.15, -0.1) is 10.2 Å². The van der Waals surface area contributed by atoms with E-state index in [1.54, 1.807) is 0 Å². The summed E-state index contributed by atoms with van der Waals surface area (Å²) in [6.07, 6.45) is 5.52. The van der Waals surface area contributed by atoms with E-state index in [4.69, 9.17) is 11.6 Å². The van der Waals surface area contributed by atoms with Crippen LogP contribution < -0.4 is 5.32 Å². The maximum atomic E-state index is 12.1. The van der Waals surface area contributed by atoms with Gasteiger partial charge < -0.3 is 5.32 Å². The monoisotopic (exact) mass is 278 g/mol. The number of carbonyl (C=O) groups excluding carboxylic acids is 1. The lowest BCUT2D eigenvalue weighted by molar-refractivity contribution is 0.0906. The van der Waals surface area contributed by atoms with Crippen LogP contribution in [0, 0.1) is 11.3 Å². The minimum atomic E-state index is -0.769. The zero-order chi connectivity index (χ0) is 13.7. The third-order valence-corrected chi connectivity index (χ3v) is 3.59. The molecule has 1 aromatic rings. The van der Waals surface area contributed by atoms with Crippen LogP contribution in [-0.2, 0) is 0 Å². The summed E-state index contributed by atoms with van der Waals surface area (Å²) in [5.74, 6) is -0.368. The molecule has 1 aliphatic rings. The van der Waals surface area contributed by atoms with Crippen LogP contribution in [-0.4, -0.2) is 21.6 Å². The van der Waals surface area contributed by atoms with Crippen LogP contribution in [0.2, 0.25) is 5.15 Å². The van der Waals surface area contributed by atoms with Crippen LogP contribution in [0.5, 0.6) is 0 Å². The molecule has 0 aromatic carbocycles. The van der Waals surface area contributed by atoms with Gasteiger partial charge in [-0.25, -0.2) is 0 Å². The molecule has 0 radical (unpaired) electrons. The van der Waals surface area contributed by atoms with Crippen molar-refractivity contribution >= 4 is 17.5 Å². The molecule has 0 unspecified atom stereocenters. The number of rotatable bonds is 2. The van der Waals surface area contributed by atoms with E-state index >= 15 is 0 Å². The molecule has 19 heavy (non-hydrogen) atoms. The van der Waals surface area contributed by atoms with Gasteiger partial charge in [-0.05, 0) is 25.0 Å². The summed E-state index contributed by atoms with van der Waals surface area (Å²) in [5.41, 5.74) is -0.585. The van der Waals surface area contributed by atoms with Crippen molar-refractivity contribution in [1.29, 1.82) is 5.26 Å². The Morgan fingerprint density at radius 1 is 1.26 bits per heavy atom. The van der Waals surface area contributed by atoms with Crippen molar-refractivity contribution in [2.45, 2.75) is 44.1 Å². The Balaban J connectivity index is 2.11. The quantitative estimate of drug-likeness (QED) is 0.843. The summed E-state index contributed by atoms with van der Waals surface area (Å²) < 4.78 is 0. The van der Waals surface area contributed by atoms with E-state index < -0.39 is 5.54 Å². The average Bonchev–Trinajstić information content (AvgIpc) is 2.65. The molecule has 1 aliphatic carbocycles. The van der Waals surface area contributed by atoms with E-state index in [1.807, 2.05) is 0 Å². The van der Waals surface area contributed by atoms with Gasteiger partial charge in [-0.1, -0.05) is 37.3 Å². The van der Waals surface area contributed by atoms with E-state index in [0.717, 1.165) is 25.7 Å². The molecular weight excluding hydrogens is 264 g/mol. The van der Waals surface area contributed by atoms with E-state index in [-0.39, 0.29) is 16.8 Å². The molecule has 1 fully saturated rings. The van der Waals surface area contributed by atoms with Crippen molar-refractivity contribution in [3.8, 4) is 6.07 Å². The molecule has 0 aliphatic heterocycles. The summed E-state index contributed by atoms with van der Waals surface area (Å²) in [6.45, 7) is 0. The lowest BCUT2D eigenvalue weighted by atomic mass is 9.91. The normalized spacial score (nSPS) is 18.1. The molecule has 2 rings (SSSR count). The predicted octanol–water partition coefficient (Wildman–Crippen LogP) is 2.48. The van der Waals surface area contributed by atoms with E-state index in [1.165, 1.54) is 12.1 Å². The number of nitriles is 1. The fourth-order valence-electron chi connectivity index (χ4n) is 2.32. The Bertz CT molecular complexity index is 486. The molecule has 1 amide bonds. The van der Waals surface area contributed by atoms with Crippen molar-refractivity contribution in [3.05, 3.63) is 23.0 Å². The predicted molar refractivity (Wildman–Crippen MR) is 70.6 cm³/mol. The molecule has 0 spiro atoms. The smallest absolute Gasteiger partial charge is 0.273 e. The second-order valence-electron chi connectivity index (χ2n) is 4.80. The number of nitrogens with zero attached hydrogens (tertiary/aromatic N) is 3. The highest BCUT2D eigenvalue weighted by atomic mass is 35.5. The number of nitrogens with one attached hydrogen (secondary N) is 1. The molecule has 100 valence electrons. The van der Waals surface area contributed by atoms with Gasteiger partial charge in [-0.2, -0.15) is 5.26 Å². The fraction of sp³-hybridized carbons (Fsp3) is 0.538. The Hall–Kier alpha value is -1.67. The average molecular weight is 279 g/mol. The lowest BCUT2D eigenvalue weighted by Gasteiger charge is -2.25. The van der Waals surface area contributed by atoms with Crippen LogP contribution in [0.25, 0.3) is 0 Å². The second kappa shape index (κ2) is 5.98. The zero-order valence-electron chi connectivity index (χ0n) is 10.5. The minimum absolute atomic E-state index is 0.184. The largest absolute Gasteiger partial charge is 0.332 e. The molecule has 1 heterocycles. The highest BCUT2D eigenvalue weighted by Gasteiger charge is 2.33. The van der Waals surface area contributed by atoms with E-state index in [2.05, 4.69) is 21.6 Å². The van der Waals surface area contributed by atoms with Gasteiger partial charge in [-0.3, -0.25) is 4.79 Å². The van der Waals surface area contributed by atoms with Gasteiger partial charge in [0, 0.05) is 0 Å². The zero-order valence-corrected chi connectivity index (χ0v) is 11.3. The first kappa shape index (κ1) is 13.8. The van der Waals surface area contributed by atoms with Crippen molar-refractivity contribution in [2.24, 2.45) is 0 Å². The summed E-state index contributed by atoms with van der Waals surface area (Å²) >= 11 is 5.63. The van der Waals surface area contributed by atoms with Gasteiger partial charge in [0.25, 0.3) is 5.91 Å². The molecule has 1 aromatic heterocycles. The molecule has 0 bridgehead atoms. The first-order valence-corrected chi connectivity index (χ1v) is 6.76. The Kier molecular flexibility index (Phi) is 4.33. The SMILES string of the molecule is N#CC1(NC(=O)c2ccc(Cl)nn2)CCCCCC1. The molecule has 5 nitrogen and oxygen atoms in total. The summed E-state index contributed by atoms with van der Waals surface area (Å²) in [5, 5.41) is 19.8. The van der Waals surface area contributed by atoms with Crippen molar-refractivity contribution in [3.63, 3.8) is 0 Å². The summed E-state index contributed by atoms with van der Waals surface area (Å²) in [6, 6.07) is 5.28. The third kappa shape index (κ3) is 3.42. The summed E-state index contributed by atoms with van der Waals surface area (Å²) in [4.78, 5) is 12.1. The van der Waals surface area contributed by atoms with Crippen molar-refractivity contribution in [1.82, 2.24) is 15.5 Å². The number of aromatic nitrogens is 2. The molecular formula is C13H15ClN4O. The van der Waals surface area contributed by atoms with Gasteiger partial charge in [0.15, 0.2) is 10.8 Å². The number of amides is 1. The van der Waals surface area contributed by atoms with Crippen molar-refractivity contribution < 1.29 is 4.79 Å². The maximum Gasteiger partial charge on any atom is 0.273 e. The second-order valence-corrected chi connectivity index (χ2v) is 5.19. The Morgan fingerprint density at radius 2 is 1.95 bits per heavy atom.